The number of hydrogen-bond donors (Lipinski definition) is 0. The van der Waals surface area contributed by atoms with Crippen molar-refractivity contribution in [3.8, 4) is 0 Å². The Balaban J connectivity index is 2.11. The molecule has 2 rings (SSSR count). The Labute approximate surface area is 100 Å². The summed E-state index contributed by atoms with van der Waals surface area (Å²) < 4.78 is 0. The molecular weight excluding hydrogens is 220 g/mol. The van der Waals surface area contributed by atoms with Crippen LogP contribution in [0.15, 0.2) is 42.6 Å². The molecule has 16 heavy (non-hydrogen) atoms. The lowest BCUT2D eigenvalue weighted by molar-refractivity contribution is 0.855. The number of hydrogen-bond acceptors (Lipinski definition) is 2. The van der Waals surface area contributed by atoms with Crippen molar-refractivity contribution >= 4 is 11.6 Å². The van der Waals surface area contributed by atoms with E-state index >= 15 is 0 Å². The minimum atomic E-state index is -0.0319. The predicted octanol–water partition coefficient (Wildman–Crippen LogP) is 3.31. The fourth-order valence-electron chi connectivity index (χ4n) is 1.58. The van der Waals surface area contributed by atoms with Gasteiger partial charge in [0.05, 0.1) is 5.38 Å². The average Bonchev–Trinajstić information content (AvgIpc) is 2.30. The van der Waals surface area contributed by atoms with Crippen molar-refractivity contribution in [2.24, 2.45) is 0 Å². The molecule has 82 valence electrons. The van der Waals surface area contributed by atoms with E-state index in [0.717, 1.165) is 23.5 Å². The van der Waals surface area contributed by atoms with Crippen LogP contribution in [0.3, 0.4) is 0 Å². The topological polar surface area (TPSA) is 25.8 Å². The van der Waals surface area contributed by atoms with Crippen molar-refractivity contribution in [1.82, 2.24) is 9.97 Å². The molecule has 0 saturated carbocycles. The van der Waals surface area contributed by atoms with Gasteiger partial charge in [0.25, 0.3) is 0 Å². The van der Waals surface area contributed by atoms with Crippen molar-refractivity contribution < 1.29 is 0 Å². The maximum Gasteiger partial charge on any atom is 0.125 e. The zero-order valence-electron chi connectivity index (χ0n) is 9.10. The molecule has 1 heterocycles. The quantitative estimate of drug-likeness (QED) is 0.759. The van der Waals surface area contributed by atoms with Crippen LogP contribution in [-0.2, 0) is 6.42 Å². The SMILES string of the molecule is Cc1nccc(CC(Cl)c2ccccc2)n1. The Morgan fingerprint density at radius 3 is 2.62 bits per heavy atom. The number of nitrogens with zero attached hydrogens (tertiary/aromatic N) is 2. The molecule has 0 radical (unpaired) electrons. The summed E-state index contributed by atoms with van der Waals surface area (Å²) in [4.78, 5) is 8.41. The van der Waals surface area contributed by atoms with E-state index in [1.165, 1.54) is 0 Å². The van der Waals surface area contributed by atoms with Gasteiger partial charge in [-0.05, 0) is 18.6 Å². The van der Waals surface area contributed by atoms with E-state index in [1.807, 2.05) is 43.3 Å². The van der Waals surface area contributed by atoms with E-state index in [1.54, 1.807) is 6.20 Å². The molecule has 0 amide bonds. The molecule has 1 unspecified atom stereocenters. The molecular formula is C13H13ClN2. The summed E-state index contributed by atoms with van der Waals surface area (Å²) in [5.74, 6) is 0.787. The number of halogens is 1. The first-order chi connectivity index (χ1) is 7.75. The summed E-state index contributed by atoms with van der Waals surface area (Å²) in [5.41, 5.74) is 2.11. The number of aromatic nitrogens is 2. The predicted molar refractivity (Wildman–Crippen MR) is 65.5 cm³/mol. The second kappa shape index (κ2) is 5.08. The van der Waals surface area contributed by atoms with Gasteiger partial charge in [0, 0.05) is 18.3 Å². The number of aryl methyl sites for hydroxylation is 1. The van der Waals surface area contributed by atoms with Crippen LogP contribution in [0.1, 0.15) is 22.5 Å². The van der Waals surface area contributed by atoms with Gasteiger partial charge in [-0.15, -0.1) is 11.6 Å². The molecule has 0 fully saturated rings. The summed E-state index contributed by atoms with van der Waals surface area (Å²) in [6, 6.07) is 12.0. The molecule has 2 aromatic rings. The van der Waals surface area contributed by atoms with E-state index in [-0.39, 0.29) is 5.38 Å². The molecule has 1 aromatic heterocycles. The summed E-state index contributed by atoms with van der Waals surface area (Å²) >= 11 is 6.33. The lowest BCUT2D eigenvalue weighted by Gasteiger charge is -2.09. The molecule has 0 saturated heterocycles. The number of benzene rings is 1. The molecule has 0 spiro atoms. The van der Waals surface area contributed by atoms with E-state index in [2.05, 4.69) is 9.97 Å². The van der Waals surface area contributed by atoms with E-state index in [4.69, 9.17) is 11.6 Å². The first-order valence-electron chi connectivity index (χ1n) is 5.23. The van der Waals surface area contributed by atoms with Gasteiger partial charge in [-0.25, -0.2) is 9.97 Å². The highest BCUT2D eigenvalue weighted by molar-refractivity contribution is 6.20. The lowest BCUT2D eigenvalue weighted by atomic mass is 10.1. The molecule has 0 aliphatic heterocycles. The molecule has 1 aromatic carbocycles. The van der Waals surface area contributed by atoms with Crippen LogP contribution >= 0.6 is 11.6 Å². The van der Waals surface area contributed by atoms with Crippen molar-refractivity contribution in [2.75, 3.05) is 0 Å². The number of alkyl halides is 1. The summed E-state index contributed by atoms with van der Waals surface area (Å²) in [7, 11) is 0. The molecule has 3 heteroatoms. The van der Waals surface area contributed by atoms with Crippen molar-refractivity contribution in [2.45, 2.75) is 18.7 Å². The Hall–Kier alpha value is -1.41. The van der Waals surface area contributed by atoms with Crippen LogP contribution in [-0.4, -0.2) is 9.97 Å². The molecule has 0 N–H and O–H groups in total. The van der Waals surface area contributed by atoms with Crippen LogP contribution in [0.2, 0.25) is 0 Å². The van der Waals surface area contributed by atoms with Crippen molar-refractivity contribution in [3.63, 3.8) is 0 Å². The minimum Gasteiger partial charge on any atom is -0.242 e. The van der Waals surface area contributed by atoms with Gasteiger partial charge in [0.1, 0.15) is 5.82 Å². The van der Waals surface area contributed by atoms with E-state index in [0.29, 0.717) is 0 Å². The molecule has 0 aliphatic carbocycles. The van der Waals surface area contributed by atoms with Crippen molar-refractivity contribution in [3.05, 3.63) is 59.7 Å². The largest absolute Gasteiger partial charge is 0.242 e. The van der Waals surface area contributed by atoms with Gasteiger partial charge in [-0.2, -0.15) is 0 Å². The Morgan fingerprint density at radius 2 is 1.94 bits per heavy atom. The second-order valence-corrected chi connectivity index (χ2v) is 4.20. The first-order valence-corrected chi connectivity index (χ1v) is 5.67. The molecule has 0 bridgehead atoms. The minimum absolute atomic E-state index is 0.0319. The Morgan fingerprint density at radius 1 is 1.19 bits per heavy atom. The second-order valence-electron chi connectivity index (χ2n) is 3.68. The average molecular weight is 233 g/mol. The third-order valence-corrected chi connectivity index (χ3v) is 2.79. The lowest BCUT2D eigenvalue weighted by Crippen LogP contribution is -2.00. The normalized spacial score (nSPS) is 12.4. The third kappa shape index (κ3) is 2.80. The third-order valence-electron chi connectivity index (χ3n) is 2.38. The van der Waals surface area contributed by atoms with Gasteiger partial charge in [0.2, 0.25) is 0 Å². The zero-order valence-corrected chi connectivity index (χ0v) is 9.85. The van der Waals surface area contributed by atoms with Crippen LogP contribution < -0.4 is 0 Å². The molecule has 0 aliphatic rings. The summed E-state index contributed by atoms with van der Waals surface area (Å²) in [6.45, 7) is 1.88. The van der Waals surface area contributed by atoms with E-state index < -0.39 is 0 Å². The van der Waals surface area contributed by atoms with Gasteiger partial charge in [-0.1, -0.05) is 30.3 Å². The Kier molecular flexibility index (Phi) is 3.52. The van der Waals surface area contributed by atoms with Gasteiger partial charge < -0.3 is 0 Å². The zero-order chi connectivity index (χ0) is 11.4. The van der Waals surface area contributed by atoms with Crippen LogP contribution in [0, 0.1) is 6.92 Å². The van der Waals surface area contributed by atoms with Gasteiger partial charge >= 0.3 is 0 Å². The van der Waals surface area contributed by atoms with Crippen molar-refractivity contribution in [1.29, 1.82) is 0 Å². The fraction of sp³-hybridized carbons (Fsp3) is 0.231. The van der Waals surface area contributed by atoms with Crippen LogP contribution in [0.5, 0.6) is 0 Å². The maximum absolute atomic E-state index is 6.33. The molecule has 2 nitrogen and oxygen atoms in total. The standard InChI is InChI=1S/C13H13ClN2/c1-10-15-8-7-12(16-10)9-13(14)11-5-3-2-4-6-11/h2-8,13H,9H2,1H3. The van der Waals surface area contributed by atoms with Crippen LogP contribution in [0.4, 0.5) is 0 Å². The van der Waals surface area contributed by atoms with E-state index in [9.17, 15) is 0 Å². The fourth-order valence-corrected chi connectivity index (χ4v) is 1.89. The highest BCUT2D eigenvalue weighted by Gasteiger charge is 2.09. The summed E-state index contributed by atoms with van der Waals surface area (Å²) in [5, 5.41) is -0.0319. The molecule has 1 atom stereocenters. The monoisotopic (exact) mass is 232 g/mol. The maximum atomic E-state index is 6.33. The summed E-state index contributed by atoms with van der Waals surface area (Å²) in [6.07, 6.45) is 2.50. The Bertz CT molecular complexity index is 456. The van der Waals surface area contributed by atoms with Gasteiger partial charge in [0.15, 0.2) is 0 Å². The number of rotatable bonds is 3. The first kappa shape index (κ1) is 11.1. The highest BCUT2D eigenvalue weighted by atomic mass is 35.5. The van der Waals surface area contributed by atoms with Gasteiger partial charge in [-0.3, -0.25) is 0 Å². The highest BCUT2D eigenvalue weighted by Crippen LogP contribution is 2.23. The smallest absolute Gasteiger partial charge is 0.125 e. The van der Waals surface area contributed by atoms with Crippen LogP contribution in [0.25, 0.3) is 0 Å².